The van der Waals surface area contributed by atoms with Gasteiger partial charge in [-0.05, 0) is 141 Å². The average Bonchev–Trinajstić information content (AvgIpc) is 1.64. The SMILES string of the molecule is C=CC(=O)N1C=C(n2nc(-c3ccc(Oc4ccccc4)cc3)c3c(N)ncnc32)CCC1.C=CC(=O)N1CC=C[C@@H](n2nc(-c3ccc(Oc4ccccc4)cc3)c3c(N)ncnc32)C1.CC(=O)N1CCC=C(n2nc(-c3ccc(Oc4ccccc4)cc3)c3c(N)ncnc32)C1. The van der Waals surface area contributed by atoms with E-state index in [0.29, 0.717) is 112 Å². The summed E-state index contributed by atoms with van der Waals surface area (Å²) in [6.45, 7) is 11.6. The third-order valence-corrected chi connectivity index (χ3v) is 16.4. The molecule has 488 valence electrons. The highest BCUT2D eigenvalue weighted by atomic mass is 16.5. The van der Waals surface area contributed by atoms with Crippen LogP contribution >= 0.6 is 0 Å². The molecular weight excluding hydrogens is 1240 g/mol. The van der Waals surface area contributed by atoms with Crippen LogP contribution in [0.5, 0.6) is 34.5 Å². The van der Waals surface area contributed by atoms with Gasteiger partial charge in [0.05, 0.1) is 40.1 Å². The van der Waals surface area contributed by atoms with Gasteiger partial charge in [-0.2, -0.15) is 15.3 Å². The molecule has 0 aliphatic carbocycles. The number of carbonyl (C=O) groups excluding carboxylic acids is 3. The van der Waals surface area contributed by atoms with Gasteiger partial charge in [-0.1, -0.05) is 86.0 Å². The molecule has 0 saturated carbocycles. The number of benzene rings is 6. The van der Waals surface area contributed by atoms with Gasteiger partial charge in [0.2, 0.25) is 17.7 Å². The van der Waals surface area contributed by atoms with Gasteiger partial charge in [0.15, 0.2) is 16.9 Å². The fourth-order valence-electron chi connectivity index (χ4n) is 11.6. The van der Waals surface area contributed by atoms with E-state index in [1.54, 1.807) is 41.9 Å². The number of nitrogens with two attached hydrogens (primary N) is 3. The van der Waals surface area contributed by atoms with Crippen molar-refractivity contribution in [2.24, 2.45) is 0 Å². The van der Waals surface area contributed by atoms with Crippen LogP contribution in [0.2, 0.25) is 0 Å². The Kier molecular flexibility index (Phi) is 18.6. The number of hydrogen-bond donors (Lipinski definition) is 3. The molecular formula is C74H66N18O6. The van der Waals surface area contributed by atoms with Gasteiger partial charge in [-0.15, -0.1) is 0 Å². The molecule has 24 heteroatoms. The van der Waals surface area contributed by atoms with Crippen molar-refractivity contribution in [3.8, 4) is 68.3 Å². The Hall–Kier alpha value is -13.1. The number of ether oxygens (including phenoxy) is 3. The number of amides is 3. The van der Waals surface area contributed by atoms with Crippen LogP contribution in [0.25, 0.3) is 78.3 Å². The van der Waals surface area contributed by atoms with E-state index in [-0.39, 0.29) is 23.8 Å². The number of rotatable bonds is 14. The van der Waals surface area contributed by atoms with Crippen LogP contribution < -0.4 is 31.4 Å². The van der Waals surface area contributed by atoms with E-state index in [2.05, 4.69) is 49.1 Å². The lowest BCUT2D eigenvalue weighted by atomic mass is 10.1. The molecule has 6 aromatic carbocycles. The van der Waals surface area contributed by atoms with Crippen LogP contribution in [-0.2, 0) is 14.4 Å². The number of aromatic nitrogens is 12. The zero-order valence-corrected chi connectivity index (χ0v) is 53.3. The van der Waals surface area contributed by atoms with Crippen LogP contribution in [0.15, 0.2) is 233 Å². The topological polar surface area (TPSA) is 297 Å². The molecule has 0 unspecified atom stereocenters. The zero-order valence-electron chi connectivity index (χ0n) is 53.3. The summed E-state index contributed by atoms with van der Waals surface area (Å²) in [5.74, 6) is 5.28. The quantitative estimate of drug-likeness (QED) is 0.0673. The van der Waals surface area contributed by atoms with Crippen molar-refractivity contribution in [3.63, 3.8) is 0 Å². The first-order valence-electron chi connectivity index (χ1n) is 31.5. The lowest BCUT2D eigenvalue weighted by Gasteiger charge is -2.28. The number of para-hydroxylation sites is 3. The highest BCUT2D eigenvalue weighted by molar-refractivity contribution is 6.01. The van der Waals surface area contributed by atoms with Crippen molar-refractivity contribution in [3.05, 3.63) is 233 Å². The molecule has 6 aromatic heterocycles. The maximum Gasteiger partial charge on any atom is 0.249 e. The van der Waals surface area contributed by atoms with Crippen LogP contribution in [0, 0.1) is 0 Å². The number of hydrogen-bond acceptors (Lipinski definition) is 18. The van der Waals surface area contributed by atoms with Gasteiger partial charge in [-0.3, -0.25) is 14.4 Å². The van der Waals surface area contributed by atoms with E-state index in [1.165, 1.54) is 31.1 Å². The molecule has 3 aliphatic rings. The monoisotopic (exact) mass is 1300 g/mol. The summed E-state index contributed by atoms with van der Waals surface area (Å²) in [7, 11) is 0. The number of anilines is 3. The summed E-state index contributed by atoms with van der Waals surface area (Å²) >= 11 is 0. The molecule has 6 N–H and O–H groups in total. The van der Waals surface area contributed by atoms with Gasteiger partial charge in [0.25, 0.3) is 0 Å². The predicted molar refractivity (Wildman–Crippen MR) is 377 cm³/mol. The number of nitrogen functional groups attached to an aromatic ring is 3. The van der Waals surface area contributed by atoms with E-state index < -0.39 is 0 Å². The molecule has 24 nitrogen and oxygen atoms in total. The summed E-state index contributed by atoms with van der Waals surface area (Å²) in [6, 6.07) is 51.6. The first-order chi connectivity index (χ1) is 47.9. The molecule has 0 radical (unpaired) electrons. The number of allylic oxidation sites excluding steroid dienone is 1. The fourth-order valence-corrected chi connectivity index (χ4v) is 11.6. The maximum atomic E-state index is 12.1. The van der Waals surface area contributed by atoms with Crippen molar-refractivity contribution >= 4 is 79.7 Å². The predicted octanol–water partition coefficient (Wildman–Crippen LogP) is 12.4. The minimum absolute atomic E-state index is 0.0374. The normalized spacial score (nSPS) is 14.3. The van der Waals surface area contributed by atoms with Crippen molar-refractivity contribution in [2.45, 2.75) is 32.2 Å². The Morgan fingerprint density at radius 3 is 1.39 bits per heavy atom. The maximum absolute atomic E-state index is 12.1. The molecule has 3 amide bonds. The lowest BCUT2D eigenvalue weighted by molar-refractivity contribution is -0.128. The highest BCUT2D eigenvalue weighted by Crippen LogP contribution is 2.38. The van der Waals surface area contributed by atoms with E-state index in [9.17, 15) is 14.4 Å². The molecule has 3 aliphatic heterocycles. The number of nitrogens with zero attached hydrogens (tertiary/aromatic N) is 15. The van der Waals surface area contributed by atoms with Crippen LogP contribution in [0.3, 0.4) is 0 Å². The Morgan fingerprint density at radius 1 is 0.500 bits per heavy atom. The summed E-state index contributed by atoms with van der Waals surface area (Å²) in [4.78, 5) is 67.2. The molecule has 15 rings (SSSR count). The van der Waals surface area contributed by atoms with Crippen molar-refractivity contribution in [2.75, 3.05) is 49.9 Å². The summed E-state index contributed by atoms with van der Waals surface area (Å²) < 4.78 is 23.0. The second-order valence-electron chi connectivity index (χ2n) is 22.8. The first kappa shape index (κ1) is 63.6. The molecule has 12 aromatic rings. The van der Waals surface area contributed by atoms with Crippen LogP contribution in [0.4, 0.5) is 17.5 Å². The number of carbonyl (C=O) groups is 3. The molecule has 0 fully saturated rings. The molecule has 0 saturated heterocycles. The minimum atomic E-state index is -0.186. The largest absolute Gasteiger partial charge is 0.457 e. The van der Waals surface area contributed by atoms with Gasteiger partial charge in [0.1, 0.15) is 88.0 Å². The fraction of sp³-hybridized carbons (Fsp3) is 0.135. The van der Waals surface area contributed by atoms with Gasteiger partial charge in [-0.25, -0.2) is 43.9 Å². The second-order valence-corrected chi connectivity index (χ2v) is 22.8. The van der Waals surface area contributed by atoms with Gasteiger partial charge < -0.3 is 46.1 Å². The Labute approximate surface area is 562 Å². The molecule has 0 bridgehead atoms. The van der Waals surface area contributed by atoms with Crippen molar-refractivity contribution in [1.82, 2.24) is 73.9 Å². The lowest BCUT2D eigenvalue weighted by Crippen LogP contribution is -2.37. The number of fused-ring (bicyclic) bond motifs is 3. The standard InChI is InChI=1S/2C25H22N6O2.C24H22N6O2/c2*1-2-21(32)30-14-6-7-18(15-30)31-25-22(24(26)27-16-28-25)23(29-31)17-10-12-20(13-11-17)33-19-8-4-3-5-9-19;1-16(31)29-13-5-6-18(14-29)30-24-21(23(25)26-15-27-24)22(28-30)17-9-11-20(12-10-17)32-19-7-3-2-4-8-19/h2-5,8-13,15-16H,1,6-7,14H2,(H2,26,27,28);2-13,16,18H,1,14-15H2,(H2,26,27,28);2-4,6-12,15H,5,13-14H2,1H3,(H2,25,26,27)/t;18-;/m.1./s1. The molecule has 1 atom stereocenters. The first-order valence-corrected chi connectivity index (χ1v) is 31.5. The average molecular weight is 1300 g/mol. The van der Waals surface area contributed by atoms with E-state index in [4.69, 9.17) is 46.7 Å². The van der Waals surface area contributed by atoms with E-state index >= 15 is 0 Å². The Balaban J connectivity index is 0.000000132. The summed E-state index contributed by atoms with van der Waals surface area (Å²) in [6.07, 6.45) is 17.1. The second kappa shape index (κ2) is 28.6. The van der Waals surface area contributed by atoms with Gasteiger partial charge in [0, 0.05) is 56.0 Å². The minimum Gasteiger partial charge on any atom is -0.457 e. The van der Waals surface area contributed by atoms with Crippen molar-refractivity contribution < 1.29 is 28.6 Å². The third kappa shape index (κ3) is 13.8. The van der Waals surface area contributed by atoms with Crippen molar-refractivity contribution in [1.29, 1.82) is 0 Å². The summed E-state index contributed by atoms with van der Waals surface area (Å²) in [5.41, 5.74) is 26.9. The Morgan fingerprint density at radius 2 is 0.929 bits per heavy atom. The molecule has 9 heterocycles. The summed E-state index contributed by atoms with van der Waals surface area (Å²) in [5, 5.41) is 16.6. The van der Waals surface area contributed by atoms with E-state index in [0.717, 1.165) is 70.3 Å². The Bertz CT molecular complexity index is 5020. The van der Waals surface area contributed by atoms with Crippen LogP contribution in [-0.4, -0.2) is 124 Å². The smallest absolute Gasteiger partial charge is 0.249 e. The highest BCUT2D eigenvalue weighted by Gasteiger charge is 2.28. The molecule has 0 spiro atoms. The van der Waals surface area contributed by atoms with Gasteiger partial charge >= 0.3 is 0 Å². The zero-order chi connectivity index (χ0) is 67.7. The van der Waals surface area contributed by atoms with Crippen LogP contribution in [0.1, 0.15) is 32.2 Å². The van der Waals surface area contributed by atoms with E-state index in [1.807, 2.05) is 176 Å². The molecule has 98 heavy (non-hydrogen) atoms. The third-order valence-electron chi connectivity index (χ3n) is 16.4.